The summed E-state index contributed by atoms with van der Waals surface area (Å²) in [4.78, 5) is 37.7. The van der Waals surface area contributed by atoms with Crippen molar-refractivity contribution in [1.82, 2.24) is 9.88 Å². The lowest BCUT2D eigenvalue weighted by Crippen LogP contribution is -2.38. The summed E-state index contributed by atoms with van der Waals surface area (Å²) < 4.78 is 50.2. The fourth-order valence-corrected chi connectivity index (χ4v) is 5.05. The molecular formula is C29H22ClF3N2O5. The van der Waals surface area contributed by atoms with Crippen molar-refractivity contribution in [2.45, 2.75) is 38.8 Å². The Bertz CT molecular complexity index is 1660. The SMILES string of the molecule is Cc1c(C(=O)c2ccc(Cl)cc2)c2ccc(OC(F)(F)F)cc2n1Cc1ccccc1C[C@]1(C)OC(=O)NC1=O. The third-order valence-corrected chi connectivity index (χ3v) is 7.10. The Kier molecular flexibility index (Phi) is 6.83. The lowest BCUT2D eigenvalue weighted by Gasteiger charge is -2.21. The molecule has 2 heterocycles. The molecule has 1 saturated heterocycles. The van der Waals surface area contributed by atoms with E-state index in [1.165, 1.54) is 25.1 Å². The lowest BCUT2D eigenvalue weighted by atomic mass is 9.92. The number of carbonyl (C=O) groups is 3. The van der Waals surface area contributed by atoms with Crippen LogP contribution in [0, 0.1) is 6.92 Å². The van der Waals surface area contributed by atoms with Crippen LogP contribution in [-0.2, 0) is 22.5 Å². The monoisotopic (exact) mass is 570 g/mol. The predicted molar refractivity (Wildman–Crippen MR) is 141 cm³/mol. The van der Waals surface area contributed by atoms with Gasteiger partial charge in [0.05, 0.1) is 11.1 Å². The summed E-state index contributed by atoms with van der Waals surface area (Å²) in [6.45, 7) is 3.36. The minimum atomic E-state index is -4.90. The van der Waals surface area contributed by atoms with Gasteiger partial charge in [-0.1, -0.05) is 35.9 Å². The van der Waals surface area contributed by atoms with E-state index >= 15 is 0 Å². The Morgan fingerprint density at radius 2 is 1.73 bits per heavy atom. The maximum atomic E-state index is 13.6. The highest BCUT2D eigenvalue weighted by atomic mass is 35.5. The zero-order valence-electron chi connectivity index (χ0n) is 21.3. The number of aromatic nitrogens is 1. The molecule has 11 heteroatoms. The van der Waals surface area contributed by atoms with E-state index in [1.807, 2.05) is 0 Å². The number of alkyl halides is 3. The number of nitrogens with zero attached hydrogens (tertiary/aromatic N) is 1. The molecule has 0 spiro atoms. The molecule has 0 radical (unpaired) electrons. The average Bonchev–Trinajstić information content (AvgIpc) is 3.29. The molecule has 7 nitrogen and oxygen atoms in total. The van der Waals surface area contributed by atoms with E-state index in [-0.39, 0.29) is 18.7 Å². The highest BCUT2D eigenvalue weighted by Crippen LogP contribution is 2.34. The number of halogens is 4. The van der Waals surface area contributed by atoms with Crippen molar-refractivity contribution in [1.29, 1.82) is 0 Å². The summed E-state index contributed by atoms with van der Waals surface area (Å²) in [6.07, 6.45) is -5.67. The minimum absolute atomic E-state index is 0.0675. The van der Waals surface area contributed by atoms with Gasteiger partial charge in [-0.25, -0.2) is 4.79 Å². The first-order valence-electron chi connectivity index (χ1n) is 12.1. The largest absolute Gasteiger partial charge is 0.573 e. The van der Waals surface area contributed by atoms with Crippen molar-refractivity contribution in [3.05, 3.63) is 99.7 Å². The molecule has 40 heavy (non-hydrogen) atoms. The van der Waals surface area contributed by atoms with Crippen LogP contribution in [0.3, 0.4) is 0 Å². The van der Waals surface area contributed by atoms with E-state index < -0.39 is 29.7 Å². The van der Waals surface area contributed by atoms with E-state index in [1.54, 1.807) is 60.0 Å². The molecule has 206 valence electrons. The van der Waals surface area contributed by atoms with Crippen LogP contribution in [0.2, 0.25) is 5.02 Å². The lowest BCUT2D eigenvalue weighted by molar-refractivity contribution is -0.274. The summed E-state index contributed by atoms with van der Waals surface area (Å²) in [5.74, 6) is -1.32. The maximum absolute atomic E-state index is 13.6. The summed E-state index contributed by atoms with van der Waals surface area (Å²) in [5.41, 5.74) is 1.53. The van der Waals surface area contributed by atoms with Crippen LogP contribution >= 0.6 is 11.6 Å². The molecule has 0 aliphatic carbocycles. The Morgan fingerprint density at radius 3 is 2.35 bits per heavy atom. The standard InChI is InChI=1S/C29H22ClF3N2O5/c1-16-24(25(36)17-7-9-20(30)10-8-17)22-12-11-21(39-29(31,32)33)13-23(22)35(16)15-19-6-4-3-5-18(19)14-28(2)26(37)34-27(38)40-28/h3-13H,14-15H2,1-2H3,(H,34,37,38)/t28-/m0/s1. The number of fused-ring (bicyclic) bond motifs is 1. The van der Waals surface area contributed by atoms with E-state index in [2.05, 4.69) is 10.1 Å². The number of amides is 2. The number of rotatable bonds is 7. The van der Waals surface area contributed by atoms with Gasteiger partial charge in [-0.15, -0.1) is 13.2 Å². The van der Waals surface area contributed by atoms with Gasteiger partial charge in [-0.05, 0) is 61.4 Å². The van der Waals surface area contributed by atoms with Crippen LogP contribution in [-0.4, -0.2) is 34.3 Å². The van der Waals surface area contributed by atoms with Crippen LogP contribution in [0.25, 0.3) is 10.9 Å². The molecule has 1 atom stereocenters. The van der Waals surface area contributed by atoms with Crippen molar-refractivity contribution in [2.75, 3.05) is 0 Å². The molecule has 0 saturated carbocycles. The number of cyclic esters (lactones) is 1. The van der Waals surface area contributed by atoms with Gasteiger partial charge < -0.3 is 14.0 Å². The second-order valence-corrected chi connectivity index (χ2v) is 10.1. The number of nitrogens with one attached hydrogen (secondary N) is 1. The zero-order chi connectivity index (χ0) is 28.8. The van der Waals surface area contributed by atoms with Gasteiger partial charge in [0.1, 0.15) is 5.75 Å². The van der Waals surface area contributed by atoms with E-state index in [0.29, 0.717) is 43.9 Å². The van der Waals surface area contributed by atoms with Gasteiger partial charge in [0, 0.05) is 40.7 Å². The Hall–Kier alpha value is -4.31. The normalized spacial score (nSPS) is 17.1. The number of imide groups is 1. The van der Waals surface area contributed by atoms with Crippen LogP contribution in [0.5, 0.6) is 5.75 Å². The van der Waals surface area contributed by atoms with Gasteiger partial charge >= 0.3 is 12.5 Å². The molecule has 1 N–H and O–H groups in total. The zero-order valence-corrected chi connectivity index (χ0v) is 22.0. The Morgan fingerprint density at radius 1 is 1.05 bits per heavy atom. The van der Waals surface area contributed by atoms with Gasteiger partial charge in [0.25, 0.3) is 5.91 Å². The number of ketones is 1. The first-order chi connectivity index (χ1) is 18.8. The topological polar surface area (TPSA) is 86.6 Å². The average molecular weight is 571 g/mol. The van der Waals surface area contributed by atoms with Crippen molar-refractivity contribution in [3.8, 4) is 5.75 Å². The van der Waals surface area contributed by atoms with E-state index in [4.69, 9.17) is 16.3 Å². The van der Waals surface area contributed by atoms with E-state index in [0.717, 1.165) is 0 Å². The number of benzene rings is 3. The number of alkyl carbamates (subject to hydrolysis) is 1. The second kappa shape index (κ2) is 10.0. The third kappa shape index (κ3) is 5.27. The quantitative estimate of drug-likeness (QED) is 0.262. The smallest absolute Gasteiger partial charge is 0.432 e. The molecule has 3 aromatic carbocycles. The summed E-state index contributed by atoms with van der Waals surface area (Å²) in [7, 11) is 0. The van der Waals surface area contributed by atoms with Crippen molar-refractivity contribution in [3.63, 3.8) is 0 Å². The molecule has 5 rings (SSSR count). The molecule has 2 amide bonds. The van der Waals surface area contributed by atoms with Gasteiger partial charge in [-0.3, -0.25) is 14.9 Å². The highest BCUT2D eigenvalue weighted by molar-refractivity contribution is 6.30. The van der Waals surface area contributed by atoms with Crippen LogP contribution in [0.1, 0.15) is 39.7 Å². The summed E-state index contributed by atoms with van der Waals surface area (Å²) in [6, 6.07) is 17.3. The number of carbonyl (C=O) groups excluding carboxylic acids is 3. The third-order valence-electron chi connectivity index (χ3n) is 6.85. The molecule has 0 bridgehead atoms. The first-order valence-corrected chi connectivity index (χ1v) is 12.5. The number of hydrogen-bond acceptors (Lipinski definition) is 5. The molecule has 1 fully saturated rings. The van der Waals surface area contributed by atoms with Crippen molar-refractivity contribution in [2.24, 2.45) is 0 Å². The summed E-state index contributed by atoms with van der Waals surface area (Å²) in [5, 5.41) is 3.03. The first kappa shape index (κ1) is 27.3. The molecule has 1 aliphatic heterocycles. The van der Waals surface area contributed by atoms with Gasteiger partial charge in [-0.2, -0.15) is 0 Å². The Labute approximate surface area is 231 Å². The number of ether oxygens (including phenoxy) is 2. The van der Waals surface area contributed by atoms with Crippen LogP contribution in [0.4, 0.5) is 18.0 Å². The second-order valence-electron chi connectivity index (χ2n) is 9.63. The molecule has 1 aromatic heterocycles. The molecule has 4 aromatic rings. The molecule has 0 unspecified atom stereocenters. The van der Waals surface area contributed by atoms with Gasteiger partial charge in [0.15, 0.2) is 11.4 Å². The van der Waals surface area contributed by atoms with Crippen LogP contribution in [0.15, 0.2) is 66.7 Å². The maximum Gasteiger partial charge on any atom is 0.573 e. The minimum Gasteiger partial charge on any atom is -0.432 e. The number of hydrogen-bond donors (Lipinski definition) is 1. The van der Waals surface area contributed by atoms with Crippen molar-refractivity contribution >= 4 is 40.3 Å². The molecule has 1 aliphatic rings. The van der Waals surface area contributed by atoms with Gasteiger partial charge in [0.2, 0.25) is 0 Å². The predicted octanol–water partition coefficient (Wildman–Crippen LogP) is 6.35. The fraction of sp³-hybridized carbons (Fsp3) is 0.207. The van der Waals surface area contributed by atoms with E-state index in [9.17, 15) is 27.6 Å². The highest BCUT2D eigenvalue weighted by Gasteiger charge is 2.45. The van der Waals surface area contributed by atoms with Crippen LogP contribution < -0.4 is 10.1 Å². The summed E-state index contributed by atoms with van der Waals surface area (Å²) >= 11 is 5.98. The van der Waals surface area contributed by atoms with Crippen molar-refractivity contribution < 1.29 is 37.0 Å². The fourth-order valence-electron chi connectivity index (χ4n) is 4.93. The Balaban J connectivity index is 1.62. The molecular weight excluding hydrogens is 549 g/mol.